The van der Waals surface area contributed by atoms with Gasteiger partial charge >= 0.3 is 0 Å². The third-order valence-corrected chi connectivity index (χ3v) is 1.09. The highest BCUT2D eigenvalue weighted by molar-refractivity contribution is 4.54. The van der Waals surface area contributed by atoms with Gasteiger partial charge in [-0.3, -0.25) is 4.98 Å². The van der Waals surface area contributed by atoms with E-state index < -0.39 is 0 Å². The van der Waals surface area contributed by atoms with Crippen LogP contribution in [0.15, 0.2) is 18.7 Å². The maximum absolute atomic E-state index is 4.83. The molecule has 64 valence electrons. The van der Waals surface area contributed by atoms with Crippen LogP contribution in [-0.2, 0) is 11.8 Å². The third-order valence-electron chi connectivity index (χ3n) is 1.09. The number of ether oxygens (including phenoxy) is 1. The summed E-state index contributed by atoms with van der Waals surface area (Å²) >= 11 is 0. The van der Waals surface area contributed by atoms with Crippen molar-refractivity contribution in [3.05, 3.63) is 18.7 Å². The molecule has 0 aliphatic heterocycles. The Morgan fingerprint density at radius 3 is 2.09 bits per heavy atom. The quantitative estimate of drug-likeness (QED) is 0.634. The normalized spacial score (nSPS) is 8.64. The lowest BCUT2D eigenvalue weighted by atomic mass is 10.8. The van der Waals surface area contributed by atoms with Crippen molar-refractivity contribution >= 4 is 0 Å². The van der Waals surface area contributed by atoms with Gasteiger partial charge < -0.3 is 4.74 Å². The predicted octanol–water partition coefficient (Wildman–Crippen LogP) is 0.882. The van der Waals surface area contributed by atoms with Gasteiger partial charge in [0.15, 0.2) is 0 Å². The highest BCUT2D eigenvalue weighted by Gasteiger charge is 1.78. The van der Waals surface area contributed by atoms with E-state index in [1.54, 1.807) is 0 Å². The number of H-pyrrole nitrogens is 1. The van der Waals surface area contributed by atoms with Crippen LogP contribution in [0.1, 0.15) is 13.8 Å². The van der Waals surface area contributed by atoms with Crippen molar-refractivity contribution in [2.24, 2.45) is 7.05 Å². The standard InChI is InChI=1S/C4H6N2.C4H10O/c1-6-3-2-5-4-6;1-3-5-4-2/h2-4H,1H3;3-4H2,1-2H3/p+1. The number of hydrogen-bond acceptors (Lipinski definition) is 1. The summed E-state index contributed by atoms with van der Waals surface area (Å²) < 4.78 is 6.78. The first-order valence-corrected chi connectivity index (χ1v) is 3.87. The molecule has 0 saturated carbocycles. The summed E-state index contributed by atoms with van der Waals surface area (Å²) in [5.41, 5.74) is 0. The highest BCUT2D eigenvalue weighted by Crippen LogP contribution is 1.64. The first-order valence-electron chi connectivity index (χ1n) is 3.87. The Morgan fingerprint density at radius 1 is 1.36 bits per heavy atom. The highest BCUT2D eigenvalue weighted by atomic mass is 16.5. The van der Waals surface area contributed by atoms with Crippen LogP contribution in [-0.4, -0.2) is 18.2 Å². The van der Waals surface area contributed by atoms with Crippen LogP contribution in [0.3, 0.4) is 0 Å². The van der Waals surface area contributed by atoms with Gasteiger partial charge in [0.05, 0.1) is 7.05 Å². The number of imidazole rings is 1. The SMILES string of the molecule is CCOCC.C[n+]1cc[nH]c1. The molecule has 0 radical (unpaired) electrons. The minimum Gasteiger partial charge on any atom is -0.382 e. The van der Waals surface area contributed by atoms with Crippen LogP contribution >= 0.6 is 0 Å². The molecule has 0 aliphatic carbocycles. The molecule has 0 saturated heterocycles. The molecule has 0 aliphatic rings. The first kappa shape index (κ1) is 10.2. The molecule has 3 nitrogen and oxygen atoms in total. The Labute approximate surface area is 68.0 Å². The summed E-state index contributed by atoms with van der Waals surface area (Å²) in [6.07, 6.45) is 5.69. The second kappa shape index (κ2) is 7.28. The number of hydrogen-bond donors (Lipinski definition) is 1. The lowest BCUT2D eigenvalue weighted by molar-refractivity contribution is -0.670. The molecular weight excluding hydrogens is 140 g/mol. The van der Waals surface area contributed by atoms with E-state index in [2.05, 4.69) is 4.98 Å². The van der Waals surface area contributed by atoms with E-state index >= 15 is 0 Å². The number of rotatable bonds is 2. The van der Waals surface area contributed by atoms with Gasteiger partial charge in [-0.15, -0.1) is 0 Å². The van der Waals surface area contributed by atoms with Gasteiger partial charge in [0.2, 0.25) is 6.33 Å². The smallest absolute Gasteiger partial charge is 0.241 e. The molecule has 0 amide bonds. The zero-order valence-corrected chi connectivity index (χ0v) is 7.50. The Morgan fingerprint density at radius 2 is 2.00 bits per heavy atom. The Kier molecular flexibility index (Phi) is 6.73. The van der Waals surface area contributed by atoms with Crippen molar-refractivity contribution in [2.75, 3.05) is 13.2 Å². The molecule has 0 bridgehead atoms. The second-order valence-corrected chi connectivity index (χ2v) is 2.06. The van der Waals surface area contributed by atoms with Crippen LogP contribution in [0.2, 0.25) is 0 Å². The van der Waals surface area contributed by atoms with E-state index in [0.29, 0.717) is 0 Å². The average Bonchev–Trinajstić information content (AvgIpc) is 2.43. The van der Waals surface area contributed by atoms with Crippen molar-refractivity contribution in [1.82, 2.24) is 4.98 Å². The van der Waals surface area contributed by atoms with Gasteiger partial charge in [0.1, 0.15) is 12.4 Å². The number of aromatic amines is 1. The first-order chi connectivity index (χ1) is 5.31. The van der Waals surface area contributed by atoms with E-state index in [4.69, 9.17) is 4.74 Å². The van der Waals surface area contributed by atoms with Gasteiger partial charge in [-0.2, -0.15) is 0 Å². The molecule has 1 aromatic heterocycles. The molecule has 0 spiro atoms. The Balaban J connectivity index is 0.000000187. The van der Waals surface area contributed by atoms with Crippen molar-refractivity contribution in [3.8, 4) is 0 Å². The molecule has 3 heteroatoms. The summed E-state index contributed by atoms with van der Waals surface area (Å²) in [6.45, 7) is 5.67. The van der Waals surface area contributed by atoms with E-state index in [0.717, 1.165) is 13.2 Å². The van der Waals surface area contributed by atoms with Gasteiger partial charge in [-0.1, -0.05) is 0 Å². The summed E-state index contributed by atoms with van der Waals surface area (Å²) in [4.78, 5) is 2.89. The molecule has 0 atom stereocenters. The monoisotopic (exact) mass is 157 g/mol. The fourth-order valence-electron chi connectivity index (χ4n) is 0.568. The number of aromatic nitrogens is 2. The zero-order valence-electron chi connectivity index (χ0n) is 7.50. The van der Waals surface area contributed by atoms with Crippen molar-refractivity contribution < 1.29 is 9.30 Å². The van der Waals surface area contributed by atoms with Crippen LogP contribution < -0.4 is 4.57 Å². The molecule has 0 unspecified atom stereocenters. The molecule has 1 N–H and O–H groups in total. The largest absolute Gasteiger partial charge is 0.382 e. The third kappa shape index (κ3) is 7.06. The molecule has 1 heterocycles. The molecule has 11 heavy (non-hydrogen) atoms. The van der Waals surface area contributed by atoms with Crippen molar-refractivity contribution in [1.29, 1.82) is 0 Å². The van der Waals surface area contributed by atoms with E-state index in [1.807, 2.05) is 44.2 Å². The fraction of sp³-hybridized carbons (Fsp3) is 0.625. The molecule has 0 fully saturated rings. The lowest BCUT2D eigenvalue weighted by Crippen LogP contribution is -2.22. The zero-order chi connectivity index (χ0) is 8.53. The van der Waals surface area contributed by atoms with Gasteiger partial charge in [0, 0.05) is 13.2 Å². The molecule has 1 rings (SSSR count). The topological polar surface area (TPSA) is 28.9 Å². The van der Waals surface area contributed by atoms with Gasteiger partial charge in [0.25, 0.3) is 0 Å². The summed E-state index contributed by atoms with van der Waals surface area (Å²) in [5.74, 6) is 0. The minimum absolute atomic E-state index is 0.844. The summed E-state index contributed by atoms with van der Waals surface area (Å²) in [7, 11) is 1.97. The number of aryl methyl sites for hydroxylation is 1. The van der Waals surface area contributed by atoms with Crippen molar-refractivity contribution in [2.45, 2.75) is 13.8 Å². The minimum atomic E-state index is 0.844. The van der Waals surface area contributed by atoms with Crippen LogP contribution in [0.25, 0.3) is 0 Å². The number of nitrogens with zero attached hydrogens (tertiary/aromatic N) is 1. The molecule has 1 aromatic rings. The predicted molar refractivity (Wildman–Crippen MR) is 44.1 cm³/mol. The van der Waals surface area contributed by atoms with E-state index in [-0.39, 0.29) is 0 Å². The van der Waals surface area contributed by atoms with Gasteiger partial charge in [-0.25, -0.2) is 4.57 Å². The summed E-state index contributed by atoms with van der Waals surface area (Å²) in [6, 6.07) is 0. The van der Waals surface area contributed by atoms with Crippen molar-refractivity contribution in [3.63, 3.8) is 0 Å². The van der Waals surface area contributed by atoms with Crippen LogP contribution in [0.5, 0.6) is 0 Å². The molecule has 0 aromatic carbocycles. The van der Waals surface area contributed by atoms with E-state index in [9.17, 15) is 0 Å². The average molecular weight is 157 g/mol. The Bertz CT molecular complexity index is 147. The molecular formula is C8H17N2O+. The fourth-order valence-corrected chi connectivity index (χ4v) is 0.568. The van der Waals surface area contributed by atoms with Crippen LogP contribution in [0.4, 0.5) is 0 Å². The number of nitrogens with one attached hydrogen (secondary N) is 1. The Hall–Kier alpha value is -0.830. The van der Waals surface area contributed by atoms with Gasteiger partial charge in [-0.05, 0) is 13.8 Å². The van der Waals surface area contributed by atoms with Crippen LogP contribution in [0, 0.1) is 0 Å². The maximum atomic E-state index is 4.83. The second-order valence-electron chi connectivity index (χ2n) is 2.06. The maximum Gasteiger partial charge on any atom is 0.241 e. The summed E-state index contributed by atoms with van der Waals surface area (Å²) in [5, 5.41) is 0. The lowest BCUT2D eigenvalue weighted by Gasteiger charge is -1.86. The van der Waals surface area contributed by atoms with E-state index in [1.165, 1.54) is 0 Å².